The van der Waals surface area contributed by atoms with E-state index in [9.17, 15) is 24.6 Å². The second kappa shape index (κ2) is 9.51. The van der Waals surface area contributed by atoms with E-state index in [1.54, 1.807) is 11.0 Å². The van der Waals surface area contributed by atoms with Gasteiger partial charge in [0.25, 0.3) is 0 Å². The van der Waals surface area contributed by atoms with Crippen molar-refractivity contribution in [3.8, 4) is 0 Å². The van der Waals surface area contributed by atoms with Gasteiger partial charge in [0.05, 0.1) is 30.6 Å². The van der Waals surface area contributed by atoms with Crippen LogP contribution in [0, 0.1) is 23.2 Å². The fraction of sp³-hybridized carbons (Fsp3) is 0.815. The van der Waals surface area contributed by atoms with Gasteiger partial charge in [0, 0.05) is 12.1 Å². The number of amides is 2. The summed E-state index contributed by atoms with van der Waals surface area (Å²) in [4.78, 5) is 44.0. The number of nitrogens with zero attached hydrogens (tertiary/aromatic N) is 2. The van der Waals surface area contributed by atoms with Crippen LogP contribution in [0.15, 0.2) is 12.7 Å². The number of ether oxygens (including phenoxy) is 1. The lowest BCUT2D eigenvalue weighted by molar-refractivity contribution is -0.157. The van der Waals surface area contributed by atoms with E-state index < -0.39 is 47.1 Å². The van der Waals surface area contributed by atoms with Crippen molar-refractivity contribution >= 4 is 17.8 Å². The van der Waals surface area contributed by atoms with Gasteiger partial charge < -0.3 is 24.7 Å². The molecule has 2 amide bonds. The molecule has 1 spiro atoms. The number of hydrogen-bond donors (Lipinski definition) is 2. The fourth-order valence-corrected chi connectivity index (χ4v) is 7.13. The molecule has 0 unspecified atom stereocenters. The van der Waals surface area contributed by atoms with E-state index in [4.69, 9.17) is 4.74 Å². The molecule has 0 aliphatic carbocycles. The van der Waals surface area contributed by atoms with Crippen LogP contribution >= 0.6 is 0 Å². The first kappa shape index (κ1) is 27.7. The summed E-state index contributed by atoms with van der Waals surface area (Å²) in [5.41, 5.74) is -1.81. The molecule has 3 aliphatic heterocycles. The fourth-order valence-electron chi connectivity index (χ4n) is 7.13. The lowest BCUT2D eigenvalue weighted by Crippen LogP contribution is -2.63. The average Bonchev–Trinajstić information content (AvgIpc) is 3.38. The quantitative estimate of drug-likeness (QED) is 0.454. The van der Waals surface area contributed by atoms with Crippen LogP contribution in [0.3, 0.4) is 0 Å². The van der Waals surface area contributed by atoms with Crippen LogP contribution in [0.2, 0.25) is 0 Å². The number of aliphatic hydroxyl groups excluding tert-OH is 1. The van der Waals surface area contributed by atoms with Gasteiger partial charge in [0.2, 0.25) is 11.8 Å². The number of likely N-dealkylation sites (tertiary alicyclic amines) is 1. The van der Waals surface area contributed by atoms with Crippen LogP contribution in [0.4, 0.5) is 0 Å². The Morgan fingerprint density at radius 3 is 2.43 bits per heavy atom. The zero-order valence-electron chi connectivity index (χ0n) is 22.4. The SMILES string of the molecule is C=CCN(C(=O)[C@@H]1N([C@@H](CO)[C@@H](C)CC)C(=O)[C@H]2[C@H](C(=O)O)[C@@H]3CC[C@]12O3)C(C)(C)CC(C)(C)C. The van der Waals surface area contributed by atoms with Gasteiger partial charge in [0.15, 0.2) is 0 Å². The Balaban J connectivity index is 2.15. The molecular formula is C27H44N2O6. The van der Waals surface area contributed by atoms with Crippen LogP contribution in [0.25, 0.3) is 0 Å². The van der Waals surface area contributed by atoms with Crippen molar-refractivity contribution in [3.63, 3.8) is 0 Å². The third-order valence-corrected chi connectivity index (χ3v) is 8.37. The number of fused-ring (bicyclic) bond motifs is 1. The molecule has 7 atom stereocenters. The largest absolute Gasteiger partial charge is 0.481 e. The lowest BCUT2D eigenvalue weighted by Gasteiger charge is -2.47. The molecule has 2 N–H and O–H groups in total. The van der Waals surface area contributed by atoms with E-state index in [1.807, 2.05) is 27.7 Å². The molecule has 2 bridgehead atoms. The molecule has 35 heavy (non-hydrogen) atoms. The molecule has 0 aromatic rings. The van der Waals surface area contributed by atoms with Crippen LogP contribution in [0.1, 0.15) is 74.1 Å². The van der Waals surface area contributed by atoms with E-state index in [0.717, 1.165) is 0 Å². The monoisotopic (exact) mass is 492 g/mol. The van der Waals surface area contributed by atoms with Crippen molar-refractivity contribution in [2.45, 2.75) is 103 Å². The number of aliphatic hydroxyl groups is 1. The molecule has 3 rings (SSSR count). The molecular weight excluding hydrogens is 448 g/mol. The highest BCUT2D eigenvalue weighted by molar-refractivity contribution is 5.98. The molecule has 0 aromatic carbocycles. The van der Waals surface area contributed by atoms with Gasteiger partial charge in [-0.25, -0.2) is 0 Å². The predicted molar refractivity (Wildman–Crippen MR) is 132 cm³/mol. The first-order valence-corrected chi connectivity index (χ1v) is 12.9. The Bertz CT molecular complexity index is 864. The molecule has 198 valence electrons. The third-order valence-electron chi connectivity index (χ3n) is 8.37. The summed E-state index contributed by atoms with van der Waals surface area (Å²) in [6, 6.07) is -1.59. The number of carboxylic acids is 1. The van der Waals surface area contributed by atoms with Crippen LogP contribution in [-0.4, -0.2) is 80.3 Å². The Morgan fingerprint density at radius 1 is 1.31 bits per heavy atom. The number of carboxylic acid groups (broad SMARTS) is 1. The molecule has 3 saturated heterocycles. The van der Waals surface area contributed by atoms with Gasteiger partial charge in [-0.3, -0.25) is 14.4 Å². The van der Waals surface area contributed by atoms with Crippen LogP contribution in [0.5, 0.6) is 0 Å². The smallest absolute Gasteiger partial charge is 0.310 e. The number of carbonyl (C=O) groups excluding carboxylic acids is 2. The summed E-state index contributed by atoms with van der Waals surface area (Å²) in [5, 5.41) is 20.4. The van der Waals surface area contributed by atoms with Crippen molar-refractivity contribution in [1.82, 2.24) is 9.80 Å². The lowest BCUT2D eigenvalue weighted by atomic mass is 9.70. The Morgan fingerprint density at radius 2 is 1.94 bits per heavy atom. The molecule has 3 aliphatic rings. The Hall–Kier alpha value is -1.93. The topological polar surface area (TPSA) is 107 Å². The van der Waals surface area contributed by atoms with Gasteiger partial charge in [-0.2, -0.15) is 0 Å². The van der Waals surface area contributed by atoms with Gasteiger partial charge in [-0.1, -0.05) is 47.1 Å². The van der Waals surface area contributed by atoms with Gasteiger partial charge >= 0.3 is 5.97 Å². The zero-order valence-corrected chi connectivity index (χ0v) is 22.4. The molecule has 3 fully saturated rings. The maximum atomic E-state index is 14.5. The molecule has 8 heteroatoms. The van der Waals surface area contributed by atoms with E-state index in [0.29, 0.717) is 32.2 Å². The highest BCUT2D eigenvalue weighted by atomic mass is 16.5. The highest BCUT2D eigenvalue weighted by Crippen LogP contribution is 2.59. The average molecular weight is 493 g/mol. The second-order valence-electron chi connectivity index (χ2n) is 12.6. The van der Waals surface area contributed by atoms with Crippen molar-refractivity contribution in [3.05, 3.63) is 12.7 Å². The third kappa shape index (κ3) is 4.52. The minimum absolute atomic E-state index is 0.0592. The Kier molecular flexibility index (Phi) is 7.51. The standard InChI is InChI=1S/C27H44N2O6/c1-9-13-28(26(7,8)15-25(4,5)6)23(32)21-27-12-11-18(35-27)19(24(33)34)20(27)22(31)29(21)17(14-30)16(3)10-2/h9,16-21,30H,1,10-15H2,2-8H3,(H,33,34)/t16-,17-,18-,19+,20+,21-,27+/m0/s1. The van der Waals surface area contributed by atoms with Crippen molar-refractivity contribution in [2.24, 2.45) is 23.2 Å². The minimum atomic E-state index is -1.19. The molecule has 0 radical (unpaired) electrons. The molecule has 3 heterocycles. The van der Waals surface area contributed by atoms with Gasteiger partial charge in [-0.15, -0.1) is 6.58 Å². The summed E-state index contributed by atoms with van der Waals surface area (Å²) in [5.74, 6) is -3.70. The number of carbonyl (C=O) groups is 3. The van der Waals surface area contributed by atoms with Crippen molar-refractivity contribution in [2.75, 3.05) is 13.2 Å². The van der Waals surface area contributed by atoms with E-state index in [2.05, 4.69) is 27.4 Å². The van der Waals surface area contributed by atoms with Gasteiger partial charge in [0.1, 0.15) is 11.6 Å². The maximum absolute atomic E-state index is 14.5. The second-order valence-corrected chi connectivity index (χ2v) is 12.6. The van der Waals surface area contributed by atoms with Crippen LogP contribution in [-0.2, 0) is 19.1 Å². The maximum Gasteiger partial charge on any atom is 0.310 e. The summed E-state index contributed by atoms with van der Waals surface area (Å²) in [6.07, 6.45) is 3.47. The van der Waals surface area contributed by atoms with E-state index >= 15 is 0 Å². The Labute approximate surface area is 209 Å². The first-order chi connectivity index (χ1) is 16.2. The van der Waals surface area contributed by atoms with E-state index in [-0.39, 0.29) is 29.8 Å². The summed E-state index contributed by atoms with van der Waals surface area (Å²) in [7, 11) is 0. The number of rotatable bonds is 10. The highest BCUT2D eigenvalue weighted by Gasteiger charge is 2.75. The van der Waals surface area contributed by atoms with Gasteiger partial charge in [-0.05, 0) is 44.4 Å². The molecule has 0 aromatic heterocycles. The summed E-state index contributed by atoms with van der Waals surface area (Å²) < 4.78 is 6.34. The van der Waals surface area contributed by atoms with Crippen molar-refractivity contribution < 1.29 is 29.3 Å². The van der Waals surface area contributed by atoms with E-state index in [1.165, 1.54) is 4.90 Å². The first-order valence-electron chi connectivity index (χ1n) is 12.9. The summed E-state index contributed by atoms with van der Waals surface area (Å²) >= 11 is 0. The number of aliphatic carboxylic acids is 1. The molecule has 8 nitrogen and oxygen atoms in total. The predicted octanol–water partition coefficient (Wildman–Crippen LogP) is 3.08. The normalized spacial score (nSPS) is 31.9. The molecule has 0 saturated carbocycles. The summed E-state index contributed by atoms with van der Waals surface area (Å²) in [6.45, 7) is 18.2. The number of hydrogen-bond acceptors (Lipinski definition) is 5. The van der Waals surface area contributed by atoms with Crippen LogP contribution < -0.4 is 0 Å². The van der Waals surface area contributed by atoms with Crippen molar-refractivity contribution in [1.29, 1.82) is 0 Å². The zero-order chi connectivity index (χ0) is 26.5. The minimum Gasteiger partial charge on any atom is -0.481 e.